The molecule has 20 heavy (non-hydrogen) atoms. The zero-order chi connectivity index (χ0) is 14.7. The lowest BCUT2D eigenvalue weighted by atomic mass is 10.0. The SMILES string of the molecule is CCc1nn(CC)c(CC(N)c2cccc(Cl)c2)c1Cl. The third kappa shape index (κ3) is 3.17. The number of halogens is 2. The minimum atomic E-state index is -0.141. The van der Waals surface area contributed by atoms with E-state index in [-0.39, 0.29) is 6.04 Å². The van der Waals surface area contributed by atoms with Crippen molar-refractivity contribution >= 4 is 23.2 Å². The summed E-state index contributed by atoms with van der Waals surface area (Å²) in [7, 11) is 0. The lowest BCUT2D eigenvalue weighted by Crippen LogP contribution is -2.16. The first-order valence-electron chi connectivity index (χ1n) is 6.81. The Hall–Kier alpha value is -1.03. The normalized spacial score (nSPS) is 12.7. The largest absolute Gasteiger partial charge is 0.324 e. The summed E-state index contributed by atoms with van der Waals surface area (Å²) in [6.07, 6.45) is 1.48. The molecule has 0 fully saturated rings. The smallest absolute Gasteiger partial charge is 0.0850 e. The Morgan fingerprint density at radius 2 is 2.05 bits per heavy atom. The summed E-state index contributed by atoms with van der Waals surface area (Å²) in [5.74, 6) is 0. The van der Waals surface area contributed by atoms with Gasteiger partial charge in [-0.1, -0.05) is 42.3 Å². The molecule has 1 atom stereocenters. The van der Waals surface area contributed by atoms with Crippen LogP contribution in [0.4, 0.5) is 0 Å². The Morgan fingerprint density at radius 1 is 1.30 bits per heavy atom. The van der Waals surface area contributed by atoms with E-state index in [1.165, 1.54) is 0 Å². The topological polar surface area (TPSA) is 43.8 Å². The summed E-state index contributed by atoms with van der Waals surface area (Å²) in [5, 5.41) is 5.95. The molecule has 1 aromatic carbocycles. The van der Waals surface area contributed by atoms with E-state index in [9.17, 15) is 0 Å². The lowest BCUT2D eigenvalue weighted by molar-refractivity contribution is 0.585. The molecule has 0 aliphatic heterocycles. The second-order valence-electron chi connectivity index (χ2n) is 4.74. The van der Waals surface area contributed by atoms with Gasteiger partial charge in [0.25, 0.3) is 0 Å². The van der Waals surface area contributed by atoms with Crippen LogP contribution in [0.25, 0.3) is 0 Å². The van der Waals surface area contributed by atoms with E-state index >= 15 is 0 Å². The minimum Gasteiger partial charge on any atom is -0.324 e. The molecule has 5 heteroatoms. The number of aromatic nitrogens is 2. The van der Waals surface area contributed by atoms with Crippen LogP contribution in [-0.2, 0) is 19.4 Å². The van der Waals surface area contributed by atoms with Crippen molar-refractivity contribution in [1.82, 2.24) is 9.78 Å². The molecule has 0 saturated heterocycles. The standard InChI is InChI=1S/C15H19Cl2N3/c1-3-13-15(17)14(20(4-2)19-13)9-12(18)10-6-5-7-11(16)8-10/h5-8,12H,3-4,9,18H2,1-2H3. The van der Waals surface area contributed by atoms with E-state index in [4.69, 9.17) is 28.9 Å². The first-order valence-corrected chi connectivity index (χ1v) is 7.57. The molecule has 0 spiro atoms. The molecular weight excluding hydrogens is 293 g/mol. The summed E-state index contributed by atoms with van der Waals surface area (Å²) < 4.78 is 1.94. The first-order chi connectivity index (χ1) is 9.56. The summed E-state index contributed by atoms with van der Waals surface area (Å²) in [4.78, 5) is 0. The predicted molar refractivity (Wildman–Crippen MR) is 84.4 cm³/mol. The van der Waals surface area contributed by atoms with Gasteiger partial charge in [-0.2, -0.15) is 5.10 Å². The molecule has 1 aromatic heterocycles. The van der Waals surface area contributed by atoms with Gasteiger partial charge in [0.15, 0.2) is 0 Å². The first kappa shape index (κ1) is 15.4. The van der Waals surface area contributed by atoms with Crippen LogP contribution in [0.15, 0.2) is 24.3 Å². The van der Waals surface area contributed by atoms with Crippen molar-refractivity contribution < 1.29 is 0 Å². The van der Waals surface area contributed by atoms with Crippen LogP contribution in [-0.4, -0.2) is 9.78 Å². The number of hydrogen-bond donors (Lipinski definition) is 1. The van der Waals surface area contributed by atoms with Crippen molar-refractivity contribution in [2.75, 3.05) is 0 Å². The molecule has 0 saturated carbocycles. The average molecular weight is 312 g/mol. The molecule has 1 unspecified atom stereocenters. The average Bonchev–Trinajstić information content (AvgIpc) is 2.75. The van der Waals surface area contributed by atoms with Gasteiger partial charge in [-0.15, -0.1) is 0 Å². The molecule has 3 nitrogen and oxygen atoms in total. The number of benzene rings is 1. The van der Waals surface area contributed by atoms with Crippen LogP contribution in [0.5, 0.6) is 0 Å². The van der Waals surface area contributed by atoms with Gasteiger partial charge < -0.3 is 5.73 Å². The highest BCUT2D eigenvalue weighted by Gasteiger charge is 2.18. The summed E-state index contributed by atoms with van der Waals surface area (Å²) in [6.45, 7) is 4.89. The fourth-order valence-corrected chi connectivity index (χ4v) is 2.82. The quantitative estimate of drug-likeness (QED) is 0.906. The maximum atomic E-state index is 6.41. The second-order valence-corrected chi connectivity index (χ2v) is 5.56. The maximum Gasteiger partial charge on any atom is 0.0850 e. The molecule has 0 aliphatic carbocycles. The van der Waals surface area contributed by atoms with Crippen molar-refractivity contribution in [2.45, 2.75) is 39.3 Å². The molecule has 0 bridgehead atoms. The number of aryl methyl sites for hydroxylation is 2. The lowest BCUT2D eigenvalue weighted by Gasteiger charge is -2.13. The highest BCUT2D eigenvalue weighted by molar-refractivity contribution is 6.32. The highest BCUT2D eigenvalue weighted by atomic mass is 35.5. The van der Waals surface area contributed by atoms with Gasteiger partial charge in [0.2, 0.25) is 0 Å². The minimum absolute atomic E-state index is 0.141. The van der Waals surface area contributed by atoms with Gasteiger partial charge in [0.05, 0.1) is 16.4 Å². The Bertz CT molecular complexity index is 593. The number of nitrogens with zero attached hydrogens (tertiary/aromatic N) is 2. The van der Waals surface area contributed by atoms with E-state index in [0.29, 0.717) is 11.4 Å². The monoisotopic (exact) mass is 311 g/mol. The van der Waals surface area contributed by atoms with Gasteiger partial charge >= 0.3 is 0 Å². The van der Waals surface area contributed by atoms with Crippen LogP contribution in [0.2, 0.25) is 10.0 Å². The summed E-state index contributed by atoms with van der Waals surface area (Å²) in [6, 6.07) is 7.49. The van der Waals surface area contributed by atoms with Crippen LogP contribution in [0.1, 0.15) is 36.8 Å². The Kier molecular flexibility index (Phi) is 5.08. The molecule has 108 valence electrons. The molecule has 2 aromatic rings. The van der Waals surface area contributed by atoms with E-state index in [2.05, 4.69) is 18.9 Å². The van der Waals surface area contributed by atoms with Crippen molar-refractivity contribution in [3.8, 4) is 0 Å². The highest BCUT2D eigenvalue weighted by Crippen LogP contribution is 2.26. The van der Waals surface area contributed by atoms with Gasteiger partial charge in [-0.3, -0.25) is 4.68 Å². The molecular formula is C15H19Cl2N3. The molecule has 2 rings (SSSR count). The molecule has 1 heterocycles. The van der Waals surface area contributed by atoms with Gasteiger partial charge in [-0.25, -0.2) is 0 Å². The summed E-state index contributed by atoms with van der Waals surface area (Å²) in [5.41, 5.74) is 9.22. The molecule has 0 radical (unpaired) electrons. The molecule has 0 amide bonds. The van der Waals surface area contributed by atoms with Gasteiger partial charge in [-0.05, 0) is 31.0 Å². The second kappa shape index (κ2) is 6.61. The Morgan fingerprint density at radius 3 is 2.65 bits per heavy atom. The van der Waals surface area contributed by atoms with E-state index in [1.807, 2.05) is 28.9 Å². The fraction of sp³-hybridized carbons (Fsp3) is 0.400. The fourth-order valence-electron chi connectivity index (χ4n) is 2.28. The number of rotatable bonds is 5. The predicted octanol–water partition coefficient (Wildman–Crippen LogP) is 4.01. The maximum absolute atomic E-state index is 6.41. The van der Waals surface area contributed by atoms with Crippen molar-refractivity contribution in [3.63, 3.8) is 0 Å². The Labute approximate surface area is 129 Å². The molecule has 2 N–H and O–H groups in total. The van der Waals surface area contributed by atoms with Crippen molar-refractivity contribution in [1.29, 1.82) is 0 Å². The zero-order valence-corrected chi connectivity index (χ0v) is 13.2. The van der Waals surface area contributed by atoms with Gasteiger partial charge in [0.1, 0.15) is 0 Å². The van der Waals surface area contributed by atoms with Crippen molar-refractivity contribution in [2.24, 2.45) is 5.73 Å². The van der Waals surface area contributed by atoms with E-state index < -0.39 is 0 Å². The Balaban J connectivity index is 2.27. The third-order valence-electron chi connectivity index (χ3n) is 3.38. The van der Waals surface area contributed by atoms with Crippen LogP contribution < -0.4 is 5.73 Å². The number of hydrogen-bond acceptors (Lipinski definition) is 2. The van der Waals surface area contributed by atoms with E-state index in [0.717, 1.165) is 34.9 Å². The zero-order valence-electron chi connectivity index (χ0n) is 11.7. The summed E-state index contributed by atoms with van der Waals surface area (Å²) >= 11 is 12.4. The van der Waals surface area contributed by atoms with Crippen LogP contribution in [0.3, 0.4) is 0 Å². The van der Waals surface area contributed by atoms with Crippen molar-refractivity contribution in [3.05, 3.63) is 51.3 Å². The third-order valence-corrected chi connectivity index (χ3v) is 4.06. The van der Waals surface area contributed by atoms with Crippen LogP contribution in [0, 0.1) is 0 Å². The molecule has 0 aliphatic rings. The van der Waals surface area contributed by atoms with Crippen LogP contribution >= 0.6 is 23.2 Å². The van der Waals surface area contributed by atoms with Gasteiger partial charge in [0, 0.05) is 24.0 Å². The number of nitrogens with two attached hydrogens (primary N) is 1. The van der Waals surface area contributed by atoms with E-state index in [1.54, 1.807) is 0 Å².